The molecule has 0 aliphatic heterocycles. The molecule has 0 saturated carbocycles. The highest BCUT2D eigenvalue weighted by atomic mass is 14.7. The van der Waals surface area contributed by atoms with E-state index in [9.17, 15) is 0 Å². The molecule has 0 aliphatic rings. The lowest BCUT2D eigenvalue weighted by molar-refractivity contribution is 0.874. The molecule has 0 saturated heterocycles. The second kappa shape index (κ2) is 5.66. The summed E-state index contributed by atoms with van der Waals surface area (Å²) >= 11 is 0. The molecule has 106 valence electrons. The summed E-state index contributed by atoms with van der Waals surface area (Å²) in [7, 11) is 0. The number of fused-ring (bicyclic) bond motifs is 1. The van der Waals surface area contributed by atoms with Crippen molar-refractivity contribution in [3.8, 4) is 0 Å². The van der Waals surface area contributed by atoms with Crippen molar-refractivity contribution in [3.63, 3.8) is 0 Å². The Hall–Kier alpha value is -2.19. The number of aryl methyl sites for hydroxylation is 2. The van der Waals surface area contributed by atoms with Gasteiger partial charge in [0.2, 0.25) is 0 Å². The van der Waals surface area contributed by atoms with Crippen LogP contribution in [-0.2, 0) is 6.42 Å². The van der Waals surface area contributed by atoms with Crippen LogP contribution in [-0.4, -0.2) is 4.98 Å². The van der Waals surface area contributed by atoms with Crippen molar-refractivity contribution in [3.05, 3.63) is 77.0 Å². The number of rotatable bonds is 3. The second-order valence-corrected chi connectivity index (χ2v) is 5.44. The Morgan fingerprint density at radius 1 is 1.05 bits per heavy atom. The predicted octanol–water partition coefficient (Wildman–Crippen LogP) is 4.15. The summed E-state index contributed by atoms with van der Waals surface area (Å²) < 4.78 is 0. The zero-order valence-corrected chi connectivity index (χ0v) is 12.5. The zero-order chi connectivity index (χ0) is 14.8. The van der Waals surface area contributed by atoms with Crippen LogP contribution in [0, 0.1) is 6.92 Å². The molecule has 1 atom stereocenters. The van der Waals surface area contributed by atoms with Crippen LogP contribution in [0.1, 0.15) is 35.3 Å². The quantitative estimate of drug-likeness (QED) is 0.780. The molecule has 2 N–H and O–H groups in total. The predicted molar refractivity (Wildman–Crippen MR) is 88.3 cm³/mol. The molecular formula is C19H20N2. The van der Waals surface area contributed by atoms with Gasteiger partial charge in [0, 0.05) is 11.1 Å². The van der Waals surface area contributed by atoms with E-state index < -0.39 is 0 Å². The van der Waals surface area contributed by atoms with Crippen LogP contribution in [0.2, 0.25) is 0 Å². The van der Waals surface area contributed by atoms with E-state index in [-0.39, 0.29) is 6.04 Å². The van der Waals surface area contributed by atoms with Gasteiger partial charge in [-0.1, -0.05) is 49.4 Å². The van der Waals surface area contributed by atoms with Gasteiger partial charge in [-0.25, -0.2) is 0 Å². The number of hydrogen-bond acceptors (Lipinski definition) is 2. The van der Waals surface area contributed by atoms with E-state index in [2.05, 4.69) is 48.3 Å². The van der Waals surface area contributed by atoms with Crippen LogP contribution in [0.4, 0.5) is 0 Å². The minimum Gasteiger partial charge on any atom is -0.320 e. The number of benzene rings is 2. The van der Waals surface area contributed by atoms with E-state index in [4.69, 9.17) is 5.73 Å². The Labute approximate surface area is 125 Å². The molecule has 0 radical (unpaired) electrons. The number of para-hydroxylation sites is 1. The standard InChI is InChI=1S/C19H20N2/c1-3-14-8-10-15(11-9-14)19(20)17-12-13(2)21-18-7-5-4-6-16(17)18/h4-12,19H,3,20H2,1-2H3. The number of pyridine rings is 1. The molecule has 3 rings (SSSR count). The normalized spacial score (nSPS) is 12.5. The van der Waals surface area contributed by atoms with Crippen molar-refractivity contribution in [1.82, 2.24) is 4.98 Å². The highest BCUT2D eigenvalue weighted by Crippen LogP contribution is 2.27. The monoisotopic (exact) mass is 276 g/mol. The molecular weight excluding hydrogens is 256 g/mol. The van der Waals surface area contributed by atoms with Crippen molar-refractivity contribution in [2.45, 2.75) is 26.3 Å². The van der Waals surface area contributed by atoms with E-state index in [1.165, 1.54) is 5.56 Å². The summed E-state index contributed by atoms with van der Waals surface area (Å²) in [5, 5.41) is 1.13. The van der Waals surface area contributed by atoms with Gasteiger partial charge in [0.1, 0.15) is 0 Å². The van der Waals surface area contributed by atoms with Crippen LogP contribution in [0.25, 0.3) is 10.9 Å². The van der Waals surface area contributed by atoms with Gasteiger partial charge >= 0.3 is 0 Å². The minimum absolute atomic E-state index is 0.123. The lowest BCUT2D eigenvalue weighted by Gasteiger charge is -2.16. The van der Waals surface area contributed by atoms with Crippen molar-refractivity contribution >= 4 is 10.9 Å². The largest absolute Gasteiger partial charge is 0.320 e. The van der Waals surface area contributed by atoms with Gasteiger partial charge in [-0.15, -0.1) is 0 Å². The fourth-order valence-corrected chi connectivity index (χ4v) is 2.74. The Balaban J connectivity index is 2.09. The van der Waals surface area contributed by atoms with Crippen molar-refractivity contribution in [2.24, 2.45) is 5.73 Å². The second-order valence-electron chi connectivity index (χ2n) is 5.44. The summed E-state index contributed by atoms with van der Waals surface area (Å²) in [4.78, 5) is 4.58. The van der Waals surface area contributed by atoms with E-state index in [0.29, 0.717) is 0 Å². The fourth-order valence-electron chi connectivity index (χ4n) is 2.74. The maximum absolute atomic E-state index is 6.52. The summed E-state index contributed by atoms with van der Waals surface area (Å²) in [5.41, 5.74) is 12.1. The topological polar surface area (TPSA) is 38.9 Å². The summed E-state index contributed by atoms with van der Waals surface area (Å²) in [6.45, 7) is 4.18. The third kappa shape index (κ3) is 2.67. The Morgan fingerprint density at radius 3 is 2.48 bits per heavy atom. The average molecular weight is 276 g/mol. The average Bonchev–Trinajstić information content (AvgIpc) is 2.53. The molecule has 2 aromatic carbocycles. The van der Waals surface area contributed by atoms with Gasteiger partial charge in [0.25, 0.3) is 0 Å². The number of nitrogens with two attached hydrogens (primary N) is 1. The van der Waals surface area contributed by atoms with Gasteiger partial charge in [-0.3, -0.25) is 4.98 Å². The Bertz CT molecular complexity index is 760. The summed E-state index contributed by atoms with van der Waals surface area (Å²) in [6, 6.07) is 18.7. The van der Waals surface area contributed by atoms with Crippen LogP contribution in [0.15, 0.2) is 54.6 Å². The van der Waals surface area contributed by atoms with Crippen LogP contribution >= 0.6 is 0 Å². The van der Waals surface area contributed by atoms with E-state index in [1.807, 2.05) is 25.1 Å². The smallest absolute Gasteiger partial charge is 0.0708 e. The first-order valence-electron chi connectivity index (χ1n) is 7.39. The van der Waals surface area contributed by atoms with Gasteiger partial charge in [-0.05, 0) is 42.2 Å². The molecule has 1 unspecified atom stereocenters. The number of aromatic nitrogens is 1. The highest BCUT2D eigenvalue weighted by Gasteiger charge is 2.13. The zero-order valence-electron chi connectivity index (χ0n) is 12.5. The molecule has 2 heteroatoms. The van der Waals surface area contributed by atoms with Gasteiger partial charge in [0.15, 0.2) is 0 Å². The Kier molecular flexibility index (Phi) is 3.72. The highest BCUT2D eigenvalue weighted by molar-refractivity contribution is 5.83. The van der Waals surface area contributed by atoms with E-state index >= 15 is 0 Å². The molecule has 2 nitrogen and oxygen atoms in total. The summed E-state index contributed by atoms with van der Waals surface area (Å²) in [5.74, 6) is 0. The van der Waals surface area contributed by atoms with Crippen LogP contribution in [0.3, 0.4) is 0 Å². The summed E-state index contributed by atoms with van der Waals surface area (Å²) in [6.07, 6.45) is 1.05. The molecule has 0 aliphatic carbocycles. The first-order valence-corrected chi connectivity index (χ1v) is 7.39. The number of hydrogen-bond donors (Lipinski definition) is 1. The fraction of sp³-hybridized carbons (Fsp3) is 0.211. The SMILES string of the molecule is CCc1ccc(C(N)c2cc(C)nc3ccccc23)cc1. The first kappa shape index (κ1) is 13.8. The van der Waals surface area contributed by atoms with E-state index in [0.717, 1.165) is 34.1 Å². The van der Waals surface area contributed by atoms with Crippen molar-refractivity contribution in [1.29, 1.82) is 0 Å². The Morgan fingerprint density at radius 2 is 1.76 bits per heavy atom. The molecule has 1 aromatic heterocycles. The van der Waals surface area contributed by atoms with Crippen molar-refractivity contribution < 1.29 is 0 Å². The lowest BCUT2D eigenvalue weighted by atomic mass is 9.95. The molecule has 3 aromatic rings. The molecule has 0 spiro atoms. The van der Waals surface area contributed by atoms with Crippen molar-refractivity contribution in [2.75, 3.05) is 0 Å². The molecule has 0 bridgehead atoms. The number of nitrogens with zero attached hydrogens (tertiary/aromatic N) is 1. The first-order chi connectivity index (χ1) is 10.2. The van der Waals surface area contributed by atoms with Crippen LogP contribution < -0.4 is 5.73 Å². The maximum atomic E-state index is 6.52. The third-order valence-electron chi connectivity index (χ3n) is 3.96. The third-order valence-corrected chi connectivity index (χ3v) is 3.96. The molecule has 0 amide bonds. The molecule has 1 heterocycles. The maximum Gasteiger partial charge on any atom is 0.0708 e. The van der Waals surface area contributed by atoms with Gasteiger partial charge in [0.05, 0.1) is 11.6 Å². The molecule has 21 heavy (non-hydrogen) atoms. The minimum atomic E-state index is -0.123. The van der Waals surface area contributed by atoms with Gasteiger partial charge < -0.3 is 5.73 Å². The van der Waals surface area contributed by atoms with E-state index in [1.54, 1.807) is 0 Å². The van der Waals surface area contributed by atoms with Crippen LogP contribution in [0.5, 0.6) is 0 Å². The van der Waals surface area contributed by atoms with Gasteiger partial charge in [-0.2, -0.15) is 0 Å². The molecule has 0 fully saturated rings. The lowest BCUT2D eigenvalue weighted by Crippen LogP contribution is -2.13.